The number of non-ortho nitro benzene ring substituents is 1. The number of nitrogens with zero attached hydrogens (tertiary/aromatic N) is 2. The van der Waals surface area contributed by atoms with E-state index in [-0.39, 0.29) is 5.69 Å². The molecule has 2 aliphatic rings. The molecule has 1 aliphatic heterocycles. The highest BCUT2D eigenvalue weighted by Gasteiger charge is 2.40. The lowest BCUT2D eigenvalue weighted by Gasteiger charge is -2.20. The van der Waals surface area contributed by atoms with Crippen LogP contribution in [0.2, 0.25) is 5.02 Å². The fourth-order valence-corrected chi connectivity index (χ4v) is 3.43. The van der Waals surface area contributed by atoms with Gasteiger partial charge in [-0.3, -0.25) is 14.9 Å². The number of fused-ring (bicyclic) bond motifs is 1. The van der Waals surface area contributed by atoms with Gasteiger partial charge in [-0.05, 0) is 17.9 Å². The molecule has 6 heteroatoms. The number of carbonyl (C=O) groups excluding carboxylic acids is 1. The van der Waals surface area contributed by atoms with Gasteiger partial charge in [-0.2, -0.15) is 0 Å². The first kappa shape index (κ1) is 12.4. The number of hydrogen-bond donors (Lipinski definition) is 0. The number of nitro benzene ring substituents is 1. The van der Waals surface area contributed by atoms with Crippen LogP contribution < -0.4 is 4.90 Å². The lowest BCUT2D eigenvalue weighted by Crippen LogP contribution is -2.21. The molecule has 3 rings (SSSR count). The van der Waals surface area contributed by atoms with Crippen LogP contribution in [0.5, 0.6) is 0 Å². The molecule has 100 valence electrons. The topological polar surface area (TPSA) is 63.5 Å². The Kier molecular flexibility index (Phi) is 2.93. The van der Waals surface area contributed by atoms with Gasteiger partial charge < -0.3 is 4.90 Å². The van der Waals surface area contributed by atoms with Crippen LogP contribution in [0.25, 0.3) is 0 Å². The van der Waals surface area contributed by atoms with E-state index in [1.54, 1.807) is 6.07 Å². The van der Waals surface area contributed by atoms with Gasteiger partial charge in [0, 0.05) is 38.1 Å². The van der Waals surface area contributed by atoms with Crippen molar-refractivity contribution in [1.29, 1.82) is 0 Å². The Morgan fingerprint density at radius 3 is 2.42 bits per heavy atom. The maximum absolute atomic E-state index is 11.4. The molecule has 1 saturated heterocycles. The van der Waals surface area contributed by atoms with Gasteiger partial charge in [-0.1, -0.05) is 11.6 Å². The van der Waals surface area contributed by atoms with Crippen molar-refractivity contribution in [1.82, 2.24) is 0 Å². The zero-order valence-electron chi connectivity index (χ0n) is 10.2. The summed E-state index contributed by atoms with van der Waals surface area (Å²) in [5.41, 5.74) is 0.831. The van der Waals surface area contributed by atoms with Gasteiger partial charge >= 0.3 is 0 Å². The Labute approximate surface area is 115 Å². The molecule has 0 aromatic heterocycles. The van der Waals surface area contributed by atoms with Crippen LogP contribution in [0.4, 0.5) is 11.4 Å². The van der Waals surface area contributed by atoms with E-state index in [1.165, 1.54) is 12.1 Å². The van der Waals surface area contributed by atoms with Crippen LogP contribution in [0.15, 0.2) is 18.2 Å². The van der Waals surface area contributed by atoms with Crippen molar-refractivity contribution in [3.8, 4) is 0 Å². The minimum Gasteiger partial charge on any atom is -0.370 e. The van der Waals surface area contributed by atoms with Crippen molar-refractivity contribution in [2.24, 2.45) is 11.8 Å². The third-order valence-corrected chi connectivity index (χ3v) is 4.34. The van der Waals surface area contributed by atoms with Crippen molar-refractivity contribution >= 4 is 28.8 Å². The largest absolute Gasteiger partial charge is 0.370 e. The first-order valence-corrected chi connectivity index (χ1v) is 6.63. The first-order valence-electron chi connectivity index (χ1n) is 6.25. The number of hydrogen-bond acceptors (Lipinski definition) is 4. The lowest BCUT2D eigenvalue weighted by molar-refractivity contribution is -0.384. The van der Waals surface area contributed by atoms with Crippen LogP contribution in [0.3, 0.4) is 0 Å². The number of rotatable bonds is 2. The van der Waals surface area contributed by atoms with Gasteiger partial charge in [0.15, 0.2) is 0 Å². The normalized spacial score (nSPS) is 25.7. The average molecular weight is 281 g/mol. The summed E-state index contributed by atoms with van der Waals surface area (Å²) < 4.78 is 0. The third kappa shape index (κ3) is 2.18. The molecule has 5 nitrogen and oxygen atoms in total. The van der Waals surface area contributed by atoms with E-state index in [2.05, 4.69) is 4.90 Å². The summed E-state index contributed by atoms with van der Waals surface area (Å²) in [6.07, 6.45) is 1.32. The molecule has 1 aliphatic carbocycles. The summed E-state index contributed by atoms with van der Waals surface area (Å²) in [5.74, 6) is 1.18. The Balaban J connectivity index is 1.81. The number of anilines is 1. The Morgan fingerprint density at radius 2 is 1.89 bits per heavy atom. The van der Waals surface area contributed by atoms with Crippen LogP contribution in [-0.2, 0) is 4.79 Å². The van der Waals surface area contributed by atoms with Crippen LogP contribution in [-0.4, -0.2) is 23.8 Å². The number of halogens is 1. The van der Waals surface area contributed by atoms with Crippen LogP contribution in [0.1, 0.15) is 12.8 Å². The second-order valence-electron chi connectivity index (χ2n) is 5.26. The highest BCUT2D eigenvalue weighted by Crippen LogP contribution is 2.40. The molecule has 1 aromatic rings. The second-order valence-corrected chi connectivity index (χ2v) is 5.67. The monoisotopic (exact) mass is 280 g/mol. The molecule has 0 N–H and O–H groups in total. The minimum atomic E-state index is -0.451. The molecule has 1 saturated carbocycles. The Hall–Kier alpha value is -1.62. The minimum absolute atomic E-state index is 0.00307. The fourth-order valence-electron chi connectivity index (χ4n) is 3.13. The number of Topliss-reactive ketones (excluding diaryl/α,β-unsaturated/α-hetero) is 1. The number of benzene rings is 1. The quantitative estimate of drug-likeness (QED) is 0.617. The molecular weight excluding hydrogens is 268 g/mol. The van der Waals surface area contributed by atoms with Gasteiger partial charge in [-0.15, -0.1) is 0 Å². The second kappa shape index (κ2) is 4.49. The van der Waals surface area contributed by atoms with Gasteiger partial charge in [-0.25, -0.2) is 0 Å². The highest BCUT2D eigenvalue weighted by molar-refractivity contribution is 6.33. The molecule has 2 unspecified atom stereocenters. The zero-order chi connectivity index (χ0) is 13.6. The fraction of sp³-hybridized carbons (Fsp3) is 0.462. The Morgan fingerprint density at radius 1 is 1.26 bits per heavy atom. The zero-order valence-corrected chi connectivity index (χ0v) is 11.0. The van der Waals surface area contributed by atoms with Gasteiger partial charge in [0.2, 0.25) is 0 Å². The molecule has 0 radical (unpaired) electrons. The number of nitro groups is 1. The first-order chi connectivity index (χ1) is 9.04. The van der Waals surface area contributed by atoms with Crippen molar-refractivity contribution in [2.75, 3.05) is 18.0 Å². The lowest BCUT2D eigenvalue weighted by atomic mass is 10.0. The van der Waals surface area contributed by atoms with Crippen molar-refractivity contribution in [2.45, 2.75) is 12.8 Å². The maximum Gasteiger partial charge on any atom is 0.271 e. The molecule has 2 atom stereocenters. The molecule has 1 aromatic carbocycles. The van der Waals surface area contributed by atoms with E-state index in [0.29, 0.717) is 35.5 Å². The van der Waals surface area contributed by atoms with Crippen LogP contribution >= 0.6 is 11.6 Å². The predicted molar refractivity (Wildman–Crippen MR) is 71.5 cm³/mol. The molecule has 19 heavy (non-hydrogen) atoms. The van der Waals surface area contributed by atoms with E-state index >= 15 is 0 Å². The van der Waals surface area contributed by atoms with Gasteiger partial charge in [0.05, 0.1) is 15.6 Å². The van der Waals surface area contributed by atoms with E-state index in [4.69, 9.17) is 11.6 Å². The molecule has 0 spiro atoms. The highest BCUT2D eigenvalue weighted by atomic mass is 35.5. The number of ketones is 1. The maximum atomic E-state index is 11.4. The average Bonchev–Trinajstić information content (AvgIpc) is 2.85. The van der Waals surface area contributed by atoms with E-state index < -0.39 is 4.92 Å². The summed E-state index contributed by atoms with van der Waals surface area (Å²) in [4.78, 5) is 23.7. The Bertz CT molecular complexity index is 545. The van der Waals surface area contributed by atoms with Crippen molar-refractivity contribution in [3.63, 3.8) is 0 Å². The van der Waals surface area contributed by atoms with Crippen molar-refractivity contribution < 1.29 is 9.72 Å². The standard InChI is InChI=1S/C13H13ClN2O3/c14-12-5-10(16(18)19)1-2-13(12)15-6-8-3-11(17)4-9(8)7-15/h1-2,5,8-9H,3-4,6-7H2. The molecule has 1 heterocycles. The summed E-state index contributed by atoms with van der Waals surface area (Å²) in [6, 6.07) is 4.56. The summed E-state index contributed by atoms with van der Waals surface area (Å²) in [6.45, 7) is 1.63. The van der Waals surface area contributed by atoms with Gasteiger partial charge in [0.1, 0.15) is 5.78 Å². The van der Waals surface area contributed by atoms with Crippen LogP contribution in [0, 0.1) is 22.0 Å². The summed E-state index contributed by atoms with van der Waals surface area (Å²) in [5, 5.41) is 11.1. The van der Waals surface area contributed by atoms with Crippen molar-refractivity contribution in [3.05, 3.63) is 33.3 Å². The third-order valence-electron chi connectivity index (χ3n) is 4.04. The van der Waals surface area contributed by atoms with Gasteiger partial charge in [0.25, 0.3) is 5.69 Å². The molecule has 2 fully saturated rings. The number of carbonyl (C=O) groups is 1. The van der Waals surface area contributed by atoms with E-state index in [9.17, 15) is 14.9 Å². The van der Waals surface area contributed by atoms with E-state index in [1.807, 2.05) is 0 Å². The molecular formula is C13H13ClN2O3. The summed E-state index contributed by atoms with van der Waals surface area (Å²) >= 11 is 6.13. The molecule has 0 amide bonds. The summed E-state index contributed by atoms with van der Waals surface area (Å²) in [7, 11) is 0. The predicted octanol–water partition coefficient (Wildman–Crippen LogP) is 2.66. The van der Waals surface area contributed by atoms with E-state index in [0.717, 1.165) is 18.8 Å². The SMILES string of the molecule is O=C1CC2CN(c3ccc([N+](=O)[O-])cc3Cl)CC2C1. The smallest absolute Gasteiger partial charge is 0.271 e. The molecule has 0 bridgehead atoms.